The molecule has 0 spiro atoms. The third kappa shape index (κ3) is 1.89. The molecule has 118 valence electrons. The number of phenols is 1. The predicted octanol–water partition coefficient (Wildman–Crippen LogP) is 3.86. The quantitative estimate of drug-likeness (QED) is 0.896. The Morgan fingerprint density at radius 2 is 2.05 bits per heavy atom. The molecule has 1 N–H and O–H groups in total. The molecular weight excluding hydrogens is 270 g/mol. The summed E-state index contributed by atoms with van der Waals surface area (Å²) < 4.78 is 0. The molecule has 3 fully saturated rings. The first-order valence-electron chi connectivity index (χ1n) is 9.33. The number of piperidine rings is 1. The fourth-order valence-corrected chi connectivity index (χ4v) is 5.96. The lowest BCUT2D eigenvalue weighted by Gasteiger charge is -2.59. The van der Waals surface area contributed by atoms with Crippen molar-refractivity contribution in [1.29, 1.82) is 0 Å². The number of nitrogens with zero attached hydrogens (tertiary/aromatic N) is 1. The van der Waals surface area contributed by atoms with Crippen molar-refractivity contribution >= 4 is 0 Å². The number of hydrogen-bond donors (Lipinski definition) is 1. The number of benzene rings is 1. The van der Waals surface area contributed by atoms with Gasteiger partial charge in [-0.05, 0) is 80.2 Å². The van der Waals surface area contributed by atoms with Crippen LogP contribution in [-0.2, 0) is 11.8 Å². The topological polar surface area (TPSA) is 23.5 Å². The number of rotatable bonds is 2. The van der Waals surface area contributed by atoms with Gasteiger partial charge in [-0.2, -0.15) is 0 Å². The van der Waals surface area contributed by atoms with Crippen LogP contribution in [0.1, 0.15) is 56.1 Å². The molecule has 22 heavy (non-hydrogen) atoms. The van der Waals surface area contributed by atoms with Gasteiger partial charge in [0.25, 0.3) is 0 Å². The van der Waals surface area contributed by atoms with Crippen molar-refractivity contribution in [3.63, 3.8) is 0 Å². The van der Waals surface area contributed by atoms with Gasteiger partial charge in [-0.1, -0.05) is 18.9 Å². The standard InChI is InChI=1S/C20H27NO/c22-16-6-7-17-15(11-16)12-19-18-3-1-2-8-20(17,18)9-10-21(19)13-14-4-5-14/h6-7,11,14,18-19,22H,1-5,8-10,12-13H2/t18?,19-,20+/m0/s1. The first kappa shape index (κ1) is 13.4. The molecule has 2 heteroatoms. The van der Waals surface area contributed by atoms with E-state index in [9.17, 15) is 5.11 Å². The molecule has 4 aliphatic rings. The van der Waals surface area contributed by atoms with Crippen LogP contribution in [0.5, 0.6) is 5.75 Å². The maximum Gasteiger partial charge on any atom is 0.115 e. The zero-order chi connectivity index (χ0) is 14.7. The van der Waals surface area contributed by atoms with E-state index in [4.69, 9.17) is 0 Å². The number of aromatic hydroxyl groups is 1. The van der Waals surface area contributed by atoms with Crippen molar-refractivity contribution in [3.05, 3.63) is 29.3 Å². The number of hydrogen-bond acceptors (Lipinski definition) is 2. The summed E-state index contributed by atoms with van der Waals surface area (Å²) in [7, 11) is 0. The van der Waals surface area contributed by atoms with Crippen molar-refractivity contribution < 1.29 is 5.11 Å². The molecule has 1 aromatic carbocycles. The Bertz CT molecular complexity index is 593. The summed E-state index contributed by atoms with van der Waals surface area (Å²) >= 11 is 0. The average molecular weight is 297 g/mol. The summed E-state index contributed by atoms with van der Waals surface area (Å²) in [5.41, 5.74) is 3.48. The zero-order valence-corrected chi connectivity index (χ0v) is 13.4. The maximum atomic E-state index is 9.95. The molecule has 5 rings (SSSR count). The summed E-state index contributed by atoms with van der Waals surface area (Å²) in [6.45, 7) is 2.64. The van der Waals surface area contributed by atoms with Crippen LogP contribution in [0.4, 0.5) is 0 Å². The Hall–Kier alpha value is -1.02. The van der Waals surface area contributed by atoms with Gasteiger partial charge in [-0.25, -0.2) is 0 Å². The summed E-state index contributed by atoms with van der Waals surface area (Å²) in [6.07, 6.45) is 11.0. The molecule has 2 saturated carbocycles. The van der Waals surface area contributed by atoms with E-state index in [2.05, 4.69) is 17.0 Å². The van der Waals surface area contributed by atoms with E-state index in [-0.39, 0.29) is 0 Å². The molecule has 3 aliphatic carbocycles. The summed E-state index contributed by atoms with van der Waals surface area (Å²) in [6, 6.07) is 6.99. The van der Waals surface area contributed by atoms with Crippen LogP contribution in [0, 0.1) is 11.8 Å². The SMILES string of the molecule is Oc1ccc2c(c1)C[C@H]1C3CCCC[C@@]23CCN1CC1CC1. The molecule has 0 radical (unpaired) electrons. The van der Waals surface area contributed by atoms with Crippen LogP contribution in [-0.4, -0.2) is 29.1 Å². The van der Waals surface area contributed by atoms with Crippen molar-refractivity contribution in [1.82, 2.24) is 4.90 Å². The summed E-state index contributed by atoms with van der Waals surface area (Å²) in [5, 5.41) is 9.95. The highest BCUT2D eigenvalue weighted by molar-refractivity contribution is 5.44. The first-order chi connectivity index (χ1) is 10.8. The molecule has 1 saturated heterocycles. The Balaban J connectivity index is 1.58. The smallest absolute Gasteiger partial charge is 0.115 e. The van der Waals surface area contributed by atoms with Gasteiger partial charge in [0.05, 0.1) is 0 Å². The van der Waals surface area contributed by atoms with E-state index in [1.165, 1.54) is 70.0 Å². The van der Waals surface area contributed by atoms with Gasteiger partial charge in [0, 0.05) is 18.0 Å². The first-order valence-corrected chi connectivity index (χ1v) is 9.33. The van der Waals surface area contributed by atoms with E-state index in [0.717, 1.165) is 17.9 Å². The van der Waals surface area contributed by atoms with E-state index >= 15 is 0 Å². The van der Waals surface area contributed by atoms with E-state index < -0.39 is 0 Å². The third-order valence-electron chi connectivity index (χ3n) is 7.12. The Labute approximate surface area is 133 Å². The lowest BCUT2D eigenvalue weighted by Crippen LogP contribution is -2.61. The van der Waals surface area contributed by atoms with Crippen LogP contribution in [0.25, 0.3) is 0 Å². The summed E-state index contributed by atoms with van der Waals surface area (Å²) in [5.74, 6) is 2.31. The Morgan fingerprint density at radius 3 is 2.91 bits per heavy atom. The fourth-order valence-electron chi connectivity index (χ4n) is 5.96. The molecule has 1 heterocycles. The van der Waals surface area contributed by atoms with E-state index in [1.807, 2.05) is 6.07 Å². The maximum absolute atomic E-state index is 9.95. The highest BCUT2D eigenvalue weighted by Gasteiger charge is 2.54. The predicted molar refractivity (Wildman–Crippen MR) is 88.1 cm³/mol. The van der Waals surface area contributed by atoms with Gasteiger partial charge in [0.15, 0.2) is 0 Å². The fraction of sp³-hybridized carbons (Fsp3) is 0.700. The number of phenolic OH excluding ortho intramolecular Hbond substituents is 1. The van der Waals surface area contributed by atoms with Gasteiger partial charge in [-0.3, -0.25) is 4.90 Å². The van der Waals surface area contributed by atoms with Crippen molar-refractivity contribution in [2.45, 2.75) is 62.8 Å². The van der Waals surface area contributed by atoms with Crippen LogP contribution in [0.2, 0.25) is 0 Å². The van der Waals surface area contributed by atoms with Crippen LogP contribution in [0.15, 0.2) is 18.2 Å². The van der Waals surface area contributed by atoms with Crippen LogP contribution >= 0.6 is 0 Å². The molecular formula is C20H27NO. The second-order valence-electron chi connectivity index (χ2n) is 8.31. The molecule has 0 amide bonds. The van der Waals surface area contributed by atoms with Gasteiger partial charge in [0.2, 0.25) is 0 Å². The van der Waals surface area contributed by atoms with Gasteiger partial charge < -0.3 is 5.11 Å². The van der Waals surface area contributed by atoms with Crippen molar-refractivity contribution in [3.8, 4) is 5.75 Å². The largest absolute Gasteiger partial charge is 0.508 e. The molecule has 1 aliphatic heterocycles. The van der Waals surface area contributed by atoms with Crippen molar-refractivity contribution in [2.24, 2.45) is 11.8 Å². The second-order valence-corrected chi connectivity index (χ2v) is 8.31. The van der Waals surface area contributed by atoms with E-state index in [1.54, 1.807) is 5.56 Å². The van der Waals surface area contributed by atoms with Gasteiger partial charge >= 0.3 is 0 Å². The third-order valence-corrected chi connectivity index (χ3v) is 7.12. The summed E-state index contributed by atoms with van der Waals surface area (Å²) in [4.78, 5) is 2.83. The lowest BCUT2D eigenvalue weighted by atomic mass is 9.52. The lowest BCUT2D eigenvalue weighted by molar-refractivity contribution is -0.0134. The molecule has 1 unspecified atom stereocenters. The van der Waals surface area contributed by atoms with Crippen molar-refractivity contribution in [2.75, 3.05) is 13.1 Å². The van der Waals surface area contributed by atoms with Crippen LogP contribution in [0.3, 0.4) is 0 Å². The molecule has 1 aromatic rings. The Morgan fingerprint density at radius 1 is 1.14 bits per heavy atom. The molecule has 3 atom stereocenters. The minimum Gasteiger partial charge on any atom is -0.508 e. The monoisotopic (exact) mass is 297 g/mol. The number of fused-ring (bicyclic) bond motifs is 1. The minimum absolute atomic E-state index is 0.435. The average Bonchev–Trinajstić information content (AvgIpc) is 3.33. The highest BCUT2D eigenvalue weighted by atomic mass is 16.3. The second kappa shape index (κ2) is 4.74. The molecule has 0 aromatic heterocycles. The van der Waals surface area contributed by atoms with E-state index in [0.29, 0.717) is 11.2 Å². The normalized spacial score (nSPS) is 37.5. The highest BCUT2D eigenvalue weighted by Crippen LogP contribution is 2.56. The van der Waals surface area contributed by atoms with Gasteiger partial charge in [0.1, 0.15) is 5.75 Å². The Kier molecular flexibility index (Phi) is 2.89. The minimum atomic E-state index is 0.435. The number of likely N-dealkylation sites (tertiary alicyclic amines) is 1. The molecule has 2 nitrogen and oxygen atoms in total. The zero-order valence-electron chi connectivity index (χ0n) is 13.4. The molecule has 2 bridgehead atoms. The van der Waals surface area contributed by atoms with Gasteiger partial charge in [-0.15, -0.1) is 0 Å². The van der Waals surface area contributed by atoms with Crippen LogP contribution < -0.4 is 0 Å².